The van der Waals surface area contributed by atoms with Gasteiger partial charge < -0.3 is 5.32 Å². The van der Waals surface area contributed by atoms with Gasteiger partial charge in [-0.2, -0.15) is 9.61 Å². The lowest BCUT2D eigenvalue weighted by molar-refractivity contribution is 0.147. The smallest absolute Gasteiger partial charge is 0.267 e. The molecule has 9 nitrogen and oxygen atoms in total. The van der Waals surface area contributed by atoms with Gasteiger partial charge in [-0.15, -0.1) is 15.3 Å². The van der Waals surface area contributed by atoms with E-state index in [1.807, 2.05) is 18.2 Å². The molecule has 2 aliphatic rings. The first-order valence-electron chi connectivity index (χ1n) is 11.0. The summed E-state index contributed by atoms with van der Waals surface area (Å²) in [5, 5.41) is 20.5. The van der Waals surface area contributed by atoms with Gasteiger partial charge in [0.05, 0.1) is 12.2 Å². The predicted molar refractivity (Wildman–Crippen MR) is 114 cm³/mol. The minimum Gasteiger partial charge on any atom is -0.367 e. The summed E-state index contributed by atoms with van der Waals surface area (Å²) in [6.07, 6.45) is 9.52. The molecule has 3 aromatic heterocycles. The monoisotopic (exact) mass is 408 g/mol. The van der Waals surface area contributed by atoms with Gasteiger partial charge in [0.1, 0.15) is 12.1 Å². The number of anilines is 1. The zero-order valence-corrected chi connectivity index (χ0v) is 17.2. The van der Waals surface area contributed by atoms with Gasteiger partial charge in [0.25, 0.3) is 5.56 Å². The fourth-order valence-electron chi connectivity index (χ4n) is 4.62. The first-order valence-corrected chi connectivity index (χ1v) is 11.0. The van der Waals surface area contributed by atoms with Crippen LogP contribution in [-0.2, 0) is 19.4 Å². The molecule has 0 saturated carbocycles. The molecular weight excluding hydrogens is 380 g/mol. The van der Waals surface area contributed by atoms with Crippen molar-refractivity contribution in [1.29, 1.82) is 0 Å². The van der Waals surface area contributed by atoms with E-state index in [-0.39, 0.29) is 5.56 Å². The largest absolute Gasteiger partial charge is 0.367 e. The number of likely N-dealkylation sites (tertiary alicyclic amines) is 1. The minimum absolute atomic E-state index is 0.0359. The summed E-state index contributed by atoms with van der Waals surface area (Å²) in [6, 6.07) is 6.08. The molecule has 1 N–H and O–H groups in total. The Kier molecular flexibility index (Phi) is 5.44. The quantitative estimate of drug-likeness (QED) is 0.661. The van der Waals surface area contributed by atoms with Crippen molar-refractivity contribution in [3.05, 3.63) is 46.1 Å². The lowest BCUT2D eigenvalue weighted by Crippen LogP contribution is -2.45. The van der Waals surface area contributed by atoms with Crippen LogP contribution in [0.15, 0.2) is 29.3 Å². The first-order chi connectivity index (χ1) is 14.8. The van der Waals surface area contributed by atoms with Crippen molar-refractivity contribution in [2.45, 2.75) is 57.5 Å². The van der Waals surface area contributed by atoms with Crippen LogP contribution in [0.2, 0.25) is 0 Å². The van der Waals surface area contributed by atoms with E-state index in [1.54, 1.807) is 15.5 Å². The van der Waals surface area contributed by atoms with E-state index in [2.05, 4.69) is 30.6 Å². The third kappa shape index (κ3) is 4.07. The van der Waals surface area contributed by atoms with Crippen LogP contribution in [0.3, 0.4) is 0 Å². The fraction of sp³-hybridized carbons (Fsp3) is 0.571. The maximum absolute atomic E-state index is 12.5. The average Bonchev–Trinajstić information content (AvgIpc) is 3.25. The Hall–Kier alpha value is -2.81. The molecule has 158 valence electrons. The van der Waals surface area contributed by atoms with Crippen LogP contribution in [0.25, 0.3) is 5.65 Å². The van der Waals surface area contributed by atoms with Crippen molar-refractivity contribution < 1.29 is 0 Å². The molecule has 1 unspecified atom stereocenters. The summed E-state index contributed by atoms with van der Waals surface area (Å²) in [5.74, 6) is 0.820. The van der Waals surface area contributed by atoms with Gasteiger partial charge in [0, 0.05) is 25.2 Å². The number of hydrogen-bond acceptors (Lipinski definition) is 7. The Morgan fingerprint density at radius 1 is 1.07 bits per heavy atom. The van der Waals surface area contributed by atoms with Crippen molar-refractivity contribution in [2.24, 2.45) is 0 Å². The van der Waals surface area contributed by atoms with Gasteiger partial charge in [0.15, 0.2) is 5.65 Å². The normalized spacial score (nSPS) is 19.7. The molecular formula is C21H28N8O. The molecule has 4 heterocycles. The molecule has 0 bridgehead atoms. The van der Waals surface area contributed by atoms with Gasteiger partial charge in [-0.25, -0.2) is 4.68 Å². The van der Waals surface area contributed by atoms with Gasteiger partial charge in [-0.3, -0.25) is 9.69 Å². The maximum atomic E-state index is 12.5. The molecule has 1 aliphatic heterocycles. The van der Waals surface area contributed by atoms with Gasteiger partial charge in [-0.05, 0) is 62.8 Å². The molecule has 0 aromatic carbocycles. The molecule has 1 atom stereocenters. The van der Waals surface area contributed by atoms with Gasteiger partial charge >= 0.3 is 0 Å². The van der Waals surface area contributed by atoms with E-state index in [4.69, 9.17) is 0 Å². The van der Waals surface area contributed by atoms with Crippen molar-refractivity contribution in [1.82, 2.24) is 34.5 Å². The second-order valence-electron chi connectivity index (χ2n) is 8.30. The summed E-state index contributed by atoms with van der Waals surface area (Å²) in [6.45, 7) is 3.38. The summed E-state index contributed by atoms with van der Waals surface area (Å²) >= 11 is 0. The highest BCUT2D eigenvalue weighted by molar-refractivity contribution is 5.43. The lowest BCUT2D eigenvalue weighted by atomic mass is 9.97. The van der Waals surface area contributed by atoms with E-state index in [9.17, 15) is 4.79 Å². The summed E-state index contributed by atoms with van der Waals surface area (Å²) in [7, 11) is 0. The summed E-state index contributed by atoms with van der Waals surface area (Å²) in [5.41, 5.74) is 3.05. The van der Waals surface area contributed by atoms with Crippen molar-refractivity contribution >= 4 is 11.5 Å². The Morgan fingerprint density at radius 3 is 2.97 bits per heavy atom. The number of rotatable bonds is 6. The third-order valence-electron chi connectivity index (χ3n) is 6.30. The molecule has 1 saturated heterocycles. The van der Waals surface area contributed by atoms with E-state index in [1.165, 1.54) is 25.7 Å². The van der Waals surface area contributed by atoms with Crippen molar-refractivity contribution in [3.8, 4) is 0 Å². The number of hydrogen-bond donors (Lipinski definition) is 1. The maximum Gasteiger partial charge on any atom is 0.267 e. The highest BCUT2D eigenvalue weighted by atomic mass is 16.1. The molecule has 9 heteroatoms. The van der Waals surface area contributed by atoms with Crippen molar-refractivity contribution in [2.75, 3.05) is 25.0 Å². The number of nitrogens with one attached hydrogen (secondary N) is 1. The summed E-state index contributed by atoms with van der Waals surface area (Å²) < 4.78 is 3.35. The second-order valence-corrected chi connectivity index (χ2v) is 8.30. The van der Waals surface area contributed by atoms with Crippen molar-refractivity contribution in [3.63, 3.8) is 0 Å². The molecule has 3 aromatic rings. The topological polar surface area (TPSA) is 93.2 Å². The van der Waals surface area contributed by atoms with Crippen LogP contribution in [0.5, 0.6) is 0 Å². The molecule has 0 radical (unpaired) electrons. The van der Waals surface area contributed by atoms with E-state index in [0.29, 0.717) is 12.6 Å². The zero-order chi connectivity index (χ0) is 20.3. The molecule has 0 spiro atoms. The summed E-state index contributed by atoms with van der Waals surface area (Å²) in [4.78, 5) is 15.0. The molecule has 30 heavy (non-hydrogen) atoms. The standard InChI is InChI=1S/C21H28N8O/c30-21-13-16-5-1-2-7-18(16)25-28(21)12-11-27-10-4-3-6-17(27)14-22-19-8-9-20-24-23-15-29(20)26-19/h8-9,13,15,17H,1-7,10-12,14H2,(H,22,26). The van der Waals surface area contributed by atoms with Crippen LogP contribution in [0, 0.1) is 0 Å². The van der Waals surface area contributed by atoms with Crippen LogP contribution in [-0.4, -0.2) is 60.2 Å². The Bertz CT molecular complexity index is 1070. The minimum atomic E-state index is 0.0359. The Morgan fingerprint density at radius 2 is 2.00 bits per heavy atom. The second kappa shape index (κ2) is 8.51. The highest BCUT2D eigenvalue weighted by Gasteiger charge is 2.23. The van der Waals surface area contributed by atoms with E-state index < -0.39 is 0 Å². The molecule has 1 aliphatic carbocycles. The van der Waals surface area contributed by atoms with Crippen LogP contribution in [0.1, 0.15) is 43.4 Å². The van der Waals surface area contributed by atoms with Crippen LogP contribution in [0.4, 0.5) is 5.82 Å². The lowest BCUT2D eigenvalue weighted by Gasteiger charge is -2.36. The van der Waals surface area contributed by atoms with Gasteiger partial charge in [0.2, 0.25) is 0 Å². The highest BCUT2D eigenvalue weighted by Crippen LogP contribution is 2.19. The first kappa shape index (κ1) is 19.2. The third-order valence-corrected chi connectivity index (χ3v) is 6.30. The van der Waals surface area contributed by atoms with Gasteiger partial charge in [-0.1, -0.05) is 6.42 Å². The number of aryl methyl sites for hydroxylation is 2. The molecule has 5 rings (SSSR count). The Labute approximate surface area is 175 Å². The number of nitrogens with zero attached hydrogens (tertiary/aromatic N) is 7. The van der Waals surface area contributed by atoms with Crippen LogP contribution < -0.4 is 10.9 Å². The number of fused-ring (bicyclic) bond motifs is 2. The molecule has 0 amide bonds. The Balaban J connectivity index is 1.22. The zero-order valence-electron chi connectivity index (χ0n) is 17.2. The predicted octanol–water partition coefficient (Wildman–Crippen LogP) is 1.53. The SMILES string of the molecule is O=c1cc2c(nn1CCN1CCCCC1CNc1ccc3nncn3n1)CCCC2. The van der Waals surface area contributed by atoms with E-state index >= 15 is 0 Å². The molecule has 1 fully saturated rings. The number of piperidine rings is 1. The van der Waals surface area contributed by atoms with E-state index in [0.717, 1.165) is 61.6 Å². The fourth-order valence-corrected chi connectivity index (χ4v) is 4.62. The van der Waals surface area contributed by atoms with Crippen LogP contribution >= 0.6 is 0 Å². The number of aromatic nitrogens is 6. The average molecular weight is 409 g/mol.